The molecule has 0 radical (unpaired) electrons. The van der Waals surface area contributed by atoms with Gasteiger partial charge in [-0.1, -0.05) is 18.2 Å². The molecule has 6 heteroatoms. The van der Waals surface area contributed by atoms with Crippen LogP contribution in [-0.4, -0.2) is 23.5 Å². The number of aromatic nitrogens is 1. The quantitative estimate of drug-likeness (QED) is 0.763. The van der Waals surface area contributed by atoms with Gasteiger partial charge in [-0.15, -0.1) is 0 Å². The summed E-state index contributed by atoms with van der Waals surface area (Å²) in [5, 5.41) is 8.43. The lowest BCUT2D eigenvalue weighted by Gasteiger charge is -2.14. The lowest BCUT2D eigenvalue weighted by molar-refractivity contribution is -0.114. The summed E-state index contributed by atoms with van der Waals surface area (Å²) in [6.45, 7) is 3.92. The normalized spacial score (nSPS) is 11.4. The van der Waals surface area contributed by atoms with E-state index in [2.05, 4.69) is 20.9 Å². The van der Waals surface area contributed by atoms with Crippen LogP contribution >= 0.6 is 0 Å². The summed E-state index contributed by atoms with van der Waals surface area (Å²) in [4.78, 5) is 26.9. The SMILES string of the molecule is CC(=O)Nc1ccc(CCNC(=O)NC(C)c2cccnc2)cc1. The molecule has 126 valence electrons. The predicted molar refractivity (Wildman–Crippen MR) is 93.6 cm³/mol. The minimum Gasteiger partial charge on any atom is -0.338 e. The van der Waals surface area contributed by atoms with Crippen molar-refractivity contribution in [3.8, 4) is 0 Å². The van der Waals surface area contributed by atoms with Gasteiger partial charge in [0, 0.05) is 31.5 Å². The first-order chi connectivity index (χ1) is 11.5. The van der Waals surface area contributed by atoms with E-state index in [0.29, 0.717) is 6.54 Å². The number of nitrogens with one attached hydrogen (secondary N) is 3. The molecule has 0 fully saturated rings. The minimum atomic E-state index is -0.207. The molecule has 3 N–H and O–H groups in total. The largest absolute Gasteiger partial charge is 0.338 e. The number of hydrogen-bond acceptors (Lipinski definition) is 3. The number of benzene rings is 1. The van der Waals surface area contributed by atoms with E-state index >= 15 is 0 Å². The van der Waals surface area contributed by atoms with Crippen molar-refractivity contribution in [1.29, 1.82) is 0 Å². The predicted octanol–water partition coefficient (Wildman–Crippen LogP) is 2.64. The third kappa shape index (κ3) is 5.72. The van der Waals surface area contributed by atoms with Crippen LogP contribution in [0.5, 0.6) is 0 Å². The first-order valence-corrected chi connectivity index (χ1v) is 7.85. The average molecular weight is 326 g/mol. The van der Waals surface area contributed by atoms with E-state index in [9.17, 15) is 9.59 Å². The maximum Gasteiger partial charge on any atom is 0.315 e. The van der Waals surface area contributed by atoms with Gasteiger partial charge in [0.1, 0.15) is 0 Å². The van der Waals surface area contributed by atoms with Gasteiger partial charge in [0.2, 0.25) is 5.91 Å². The van der Waals surface area contributed by atoms with Gasteiger partial charge < -0.3 is 16.0 Å². The number of anilines is 1. The summed E-state index contributed by atoms with van der Waals surface area (Å²) < 4.78 is 0. The van der Waals surface area contributed by atoms with Crippen LogP contribution in [-0.2, 0) is 11.2 Å². The van der Waals surface area contributed by atoms with Crippen molar-refractivity contribution in [2.45, 2.75) is 26.3 Å². The molecule has 0 saturated carbocycles. The Bertz CT molecular complexity index is 671. The highest BCUT2D eigenvalue weighted by Gasteiger charge is 2.08. The summed E-state index contributed by atoms with van der Waals surface area (Å²) in [5.74, 6) is -0.0937. The molecule has 1 unspecified atom stereocenters. The highest BCUT2D eigenvalue weighted by atomic mass is 16.2. The number of nitrogens with zero attached hydrogens (tertiary/aromatic N) is 1. The Morgan fingerprint density at radius 2 is 1.92 bits per heavy atom. The molecule has 0 bridgehead atoms. The third-order valence-electron chi connectivity index (χ3n) is 3.51. The zero-order valence-corrected chi connectivity index (χ0v) is 13.9. The van der Waals surface area contributed by atoms with Crippen molar-refractivity contribution in [2.24, 2.45) is 0 Å². The summed E-state index contributed by atoms with van der Waals surface area (Å²) in [7, 11) is 0. The van der Waals surface area contributed by atoms with E-state index in [1.165, 1.54) is 6.92 Å². The molecule has 0 saturated heterocycles. The molecule has 3 amide bonds. The lowest BCUT2D eigenvalue weighted by atomic mass is 10.1. The molecule has 1 atom stereocenters. The van der Waals surface area contributed by atoms with Crippen molar-refractivity contribution in [3.05, 3.63) is 59.9 Å². The molecule has 6 nitrogen and oxygen atoms in total. The number of amides is 3. The number of hydrogen-bond donors (Lipinski definition) is 3. The summed E-state index contributed by atoms with van der Waals surface area (Å²) in [6.07, 6.45) is 4.16. The molecule has 0 aliphatic carbocycles. The van der Waals surface area contributed by atoms with Crippen LogP contribution in [0.1, 0.15) is 31.0 Å². The Labute approximate surface area is 141 Å². The van der Waals surface area contributed by atoms with Gasteiger partial charge in [0.05, 0.1) is 6.04 Å². The minimum absolute atomic E-state index is 0.0937. The van der Waals surface area contributed by atoms with Gasteiger partial charge in [-0.3, -0.25) is 9.78 Å². The fourth-order valence-corrected chi connectivity index (χ4v) is 2.24. The van der Waals surface area contributed by atoms with Gasteiger partial charge in [0.25, 0.3) is 0 Å². The number of rotatable bonds is 6. The molecular weight excluding hydrogens is 304 g/mol. The molecule has 1 heterocycles. The van der Waals surface area contributed by atoms with Crippen LogP contribution < -0.4 is 16.0 Å². The Hall–Kier alpha value is -2.89. The van der Waals surface area contributed by atoms with Crippen molar-refractivity contribution < 1.29 is 9.59 Å². The van der Waals surface area contributed by atoms with Crippen LogP contribution in [0.15, 0.2) is 48.8 Å². The van der Waals surface area contributed by atoms with Crippen LogP contribution in [0.4, 0.5) is 10.5 Å². The second-order valence-electron chi connectivity index (χ2n) is 5.54. The van der Waals surface area contributed by atoms with Crippen molar-refractivity contribution in [3.63, 3.8) is 0 Å². The molecule has 0 spiro atoms. The van der Waals surface area contributed by atoms with Gasteiger partial charge in [-0.05, 0) is 42.7 Å². The van der Waals surface area contributed by atoms with E-state index < -0.39 is 0 Å². The van der Waals surface area contributed by atoms with E-state index in [1.807, 2.05) is 43.3 Å². The molecule has 1 aromatic heterocycles. The maximum absolute atomic E-state index is 11.9. The summed E-state index contributed by atoms with van der Waals surface area (Å²) >= 11 is 0. The first-order valence-electron chi connectivity index (χ1n) is 7.85. The zero-order chi connectivity index (χ0) is 17.4. The number of urea groups is 1. The number of carbonyl (C=O) groups excluding carboxylic acids is 2. The second-order valence-corrected chi connectivity index (χ2v) is 5.54. The van der Waals surface area contributed by atoms with Crippen molar-refractivity contribution in [2.75, 3.05) is 11.9 Å². The Morgan fingerprint density at radius 3 is 2.54 bits per heavy atom. The summed E-state index contributed by atoms with van der Waals surface area (Å²) in [5.41, 5.74) is 2.81. The molecule has 1 aromatic carbocycles. The van der Waals surface area contributed by atoms with Crippen LogP contribution in [0.2, 0.25) is 0 Å². The smallest absolute Gasteiger partial charge is 0.315 e. The standard InChI is InChI=1S/C18H22N4O2/c1-13(16-4-3-10-19-12-16)21-18(24)20-11-9-15-5-7-17(8-6-15)22-14(2)23/h3-8,10,12-13H,9,11H2,1-2H3,(H,22,23)(H2,20,21,24). The first kappa shape index (κ1) is 17.5. The molecule has 0 aliphatic heterocycles. The fraction of sp³-hybridized carbons (Fsp3) is 0.278. The maximum atomic E-state index is 11.9. The van der Waals surface area contributed by atoms with Crippen LogP contribution in [0, 0.1) is 0 Å². The van der Waals surface area contributed by atoms with E-state index in [1.54, 1.807) is 12.4 Å². The Balaban J connectivity index is 1.73. The molecule has 24 heavy (non-hydrogen) atoms. The second kappa shape index (κ2) is 8.67. The van der Waals surface area contributed by atoms with E-state index in [-0.39, 0.29) is 18.0 Å². The summed E-state index contributed by atoms with van der Waals surface area (Å²) in [6, 6.07) is 11.0. The van der Waals surface area contributed by atoms with Crippen LogP contribution in [0.3, 0.4) is 0 Å². The average Bonchev–Trinajstić information content (AvgIpc) is 2.57. The highest BCUT2D eigenvalue weighted by molar-refractivity contribution is 5.88. The molecule has 0 aliphatic rings. The lowest BCUT2D eigenvalue weighted by Crippen LogP contribution is -2.38. The van der Waals surface area contributed by atoms with Gasteiger partial charge >= 0.3 is 6.03 Å². The number of carbonyl (C=O) groups is 2. The number of pyridine rings is 1. The Kier molecular flexibility index (Phi) is 6.31. The topological polar surface area (TPSA) is 83.1 Å². The van der Waals surface area contributed by atoms with Crippen molar-refractivity contribution in [1.82, 2.24) is 15.6 Å². The molecule has 2 aromatic rings. The van der Waals surface area contributed by atoms with Gasteiger partial charge in [-0.25, -0.2) is 4.79 Å². The van der Waals surface area contributed by atoms with Crippen LogP contribution in [0.25, 0.3) is 0 Å². The molecule has 2 rings (SSSR count). The highest BCUT2D eigenvalue weighted by Crippen LogP contribution is 2.10. The zero-order valence-electron chi connectivity index (χ0n) is 13.9. The van der Waals surface area contributed by atoms with E-state index in [0.717, 1.165) is 23.2 Å². The monoisotopic (exact) mass is 326 g/mol. The fourth-order valence-electron chi connectivity index (χ4n) is 2.24. The Morgan fingerprint density at radius 1 is 1.17 bits per heavy atom. The molecular formula is C18H22N4O2. The van der Waals surface area contributed by atoms with Gasteiger partial charge in [0.15, 0.2) is 0 Å². The van der Waals surface area contributed by atoms with E-state index in [4.69, 9.17) is 0 Å². The van der Waals surface area contributed by atoms with Gasteiger partial charge in [-0.2, -0.15) is 0 Å². The van der Waals surface area contributed by atoms with Crippen molar-refractivity contribution >= 4 is 17.6 Å². The third-order valence-corrected chi connectivity index (χ3v) is 3.51.